The maximum absolute atomic E-state index is 13.8. The second kappa shape index (κ2) is 6.94. The number of nitrogens with zero attached hydrogens (tertiary/aromatic N) is 3. The first-order chi connectivity index (χ1) is 12.6. The van der Waals surface area contributed by atoms with E-state index < -0.39 is 29.4 Å². The lowest BCUT2D eigenvalue weighted by atomic mass is 10.2. The van der Waals surface area contributed by atoms with E-state index in [-0.39, 0.29) is 0 Å². The standard InChI is InChI=1S/C19H20F2N4O2/c1-11(23-18(26)27-19(2,3)4)17-24-14-7-5-12(20)9-15(14)25(17)16-8-6-13(21)10-22-16/h5-11H,1-4H3,(H,23,26). The van der Waals surface area contributed by atoms with E-state index in [2.05, 4.69) is 15.3 Å². The predicted molar refractivity (Wildman–Crippen MR) is 96.6 cm³/mol. The van der Waals surface area contributed by atoms with Crippen LogP contribution in [0.15, 0.2) is 36.5 Å². The summed E-state index contributed by atoms with van der Waals surface area (Å²) in [6, 6.07) is 6.30. The van der Waals surface area contributed by atoms with E-state index in [1.54, 1.807) is 32.3 Å². The minimum atomic E-state index is -0.647. The molecule has 2 aromatic heterocycles. The molecular formula is C19H20F2N4O2. The highest BCUT2D eigenvalue weighted by Crippen LogP contribution is 2.25. The van der Waals surface area contributed by atoms with E-state index in [4.69, 9.17) is 4.74 Å². The van der Waals surface area contributed by atoms with Crippen molar-refractivity contribution in [2.45, 2.75) is 39.3 Å². The first-order valence-electron chi connectivity index (χ1n) is 8.43. The van der Waals surface area contributed by atoms with Gasteiger partial charge in [-0.25, -0.2) is 23.5 Å². The summed E-state index contributed by atoms with van der Waals surface area (Å²) in [5.74, 6) is -0.154. The second-order valence-corrected chi connectivity index (χ2v) is 7.14. The lowest BCUT2D eigenvalue weighted by Gasteiger charge is -2.22. The van der Waals surface area contributed by atoms with Crippen molar-refractivity contribution in [3.05, 3.63) is 54.0 Å². The van der Waals surface area contributed by atoms with E-state index in [1.165, 1.54) is 30.3 Å². The number of fused-ring (bicyclic) bond motifs is 1. The summed E-state index contributed by atoms with van der Waals surface area (Å²) < 4.78 is 33.9. The topological polar surface area (TPSA) is 69.0 Å². The number of imidazole rings is 1. The number of aromatic nitrogens is 3. The number of nitrogens with one attached hydrogen (secondary N) is 1. The van der Waals surface area contributed by atoms with E-state index in [9.17, 15) is 13.6 Å². The van der Waals surface area contributed by atoms with Crippen LogP contribution in [0.3, 0.4) is 0 Å². The lowest BCUT2D eigenvalue weighted by molar-refractivity contribution is 0.0505. The van der Waals surface area contributed by atoms with Crippen LogP contribution in [0.5, 0.6) is 0 Å². The molecule has 142 valence electrons. The minimum absolute atomic E-state index is 0.359. The molecule has 0 aliphatic rings. The number of ether oxygens (including phenoxy) is 1. The van der Waals surface area contributed by atoms with Gasteiger partial charge in [-0.2, -0.15) is 0 Å². The maximum Gasteiger partial charge on any atom is 0.408 e. The third-order valence-electron chi connectivity index (χ3n) is 3.70. The van der Waals surface area contributed by atoms with Crippen molar-refractivity contribution < 1.29 is 18.3 Å². The molecule has 1 aromatic carbocycles. The Hall–Kier alpha value is -3.03. The fraction of sp³-hybridized carbons (Fsp3) is 0.316. The zero-order valence-electron chi connectivity index (χ0n) is 15.5. The van der Waals surface area contributed by atoms with Gasteiger partial charge in [0.15, 0.2) is 0 Å². The maximum atomic E-state index is 13.8. The number of carbonyl (C=O) groups excluding carboxylic acids is 1. The second-order valence-electron chi connectivity index (χ2n) is 7.14. The number of rotatable bonds is 3. The van der Waals surface area contributed by atoms with Crippen molar-refractivity contribution >= 4 is 17.1 Å². The highest BCUT2D eigenvalue weighted by Gasteiger charge is 2.23. The molecule has 0 bridgehead atoms. The fourth-order valence-corrected chi connectivity index (χ4v) is 2.65. The number of benzene rings is 1. The Bertz CT molecular complexity index is 978. The van der Waals surface area contributed by atoms with Crippen LogP contribution >= 0.6 is 0 Å². The Balaban J connectivity index is 2.05. The average molecular weight is 374 g/mol. The Kier molecular flexibility index (Phi) is 4.82. The molecular weight excluding hydrogens is 354 g/mol. The summed E-state index contributed by atoms with van der Waals surface area (Å²) in [6.07, 6.45) is 0.461. The van der Waals surface area contributed by atoms with Crippen LogP contribution in [0.1, 0.15) is 39.6 Å². The van der Waals surface area contributed by atoms with Crippen LogP contribution in [0.4, 0.5) is 13.6 Å². The summed E-state index contributed by atoms with van der Waals surface area (Å²) in [4.78, 5) is 20.7. The van der Waals surface area contributed by atoms with E-state index in [1.807, 2.05) is 0 Å². The lowest BCUT2D eigenvalue weighted by Crippen LogP contribution is -2.34. The van der Waals surface area contributed by atoms with Gasteiger partial charge in [-0.1, -0.05) is 0 Å². The van der Waals surface area contributed by atoms with Crippen LogP contribution in [-0.4, -0.2) is 26.2 Å². The minimum Gasteiger partial charge on any atom is -0.444 e. The van der Waals surface area contributed by atoms with Gasteiger partial charge in [0, 0.05) is 6.07 Å². The zero-order chi connectivity index (χ0) is 19.8. The number of hydrogen-bond acceptors (Lipinski definition) is 4. The van der Waals surface area contributed by atoms with Crippen LogP contribution in [-0.2, 0) is 4.74 Å². The molecule has 8 heteroatoms. The van der Waals surface area contributed by atoms with Gasteiger partial charge < -0.3 is 10.1 Å². The molecule has 1 atom stereocenters. The number of alkyl carbamates (subject to hydrolysis) is 1. The van der Waals surface area contributed by atoms with Gasteiger partial charge in [-0.05, 0) is 52.0 Å². The third kappa shape index (κ3) is 4.21. The fourth-order valence-electron chi connectivity index (χ4n) is 2.65. The number of halogens is 2. The van der Waals surface area contributed by atoms with Gasteiger partial charge in [-0.15, -0.1) is 0 Å². The largest absolute Gasteiger partial charge is 0.444 e. The van der Waals surface area contributed by atoms with Crippen LogP contribution in [0, 0.1) is 11.6 Å². The highest BCUT2D eigenvalue weighted by molar-refractivity contribution is 5.78. The molecule has 0 spiro atoms. The molecule has 0 saturated heterocycles. The molecule has 0 aliphatic carbocycles. The van der Waals surface area contributed by atoms with Gasteiger partial charge in [0.25, 0.3) is 0 Å². The van der Waals surface area contributed by atoms with E-state index >= 15 is 0 Å². The highest BCUT2D eigenvalue weighted by atomic mass is 19.1. The molecule has 27 heavy (non-hydrogen) atoms. The summed E-state index contributed by atoms with van der Waals surface area (Å²) in [7, 11) is 0. The molecule has 3 rings (SSSR count). The van der Waals surface area contributed by atoms with Crippen LogP contribution in [0.2, 0.25) is 0 Å². The van der Waals surface area contributed by atoms with Crippen LogP contribution < -0.4 is 5.32 Å². The smallest absolute Gasteiger partial charge is 0.408 e. The van der Waals surface area contributed by atoms with Gasteiger partial charge in [0.2, 0.25) is 0 Å². The molecule has 6 nitrogen and oxygen atoms in total. The summed E-state index contributed by atoms with van der Waals surface area (Å²) >= 11 is 0. The van der Waals surface area contributed by atoms with Gasteiger partial charge in [0.05, 0.1) is 23.3 Å². The summed E-state index contributed by atoms with van der Waals surface area (Å²) in [5.41, 5.74) is 0.336. The molecule has 0 aliphatic heterocycles. The van der Waals surface area contributed by atoms with Gasteiger partial charge in [0.1, 0.15) is 28.9 Å². The number of amides is 1. The van der Waals surface area contributed by atoms with Gasteiger partial charge in [-0.3, -0.25) is 4.57 Å². The molecule has 2 heterocycles. The molecule has 1 N–H and O–H groups in total. The number of pyridine rings is 1. The third-order valence-corrected chi connectivity index (χ3v) is 3.70. The number of hydrogen-bond donors (Lipinski definition) is 1. The Morgan fingerprint density at radius 3 is 2.52 bits per heavy atom. The molecule has 1 unspecified atom stereocenters. The SMILES string of the molecule is CC(NC(=O)OC(C)(C)C)c1nc2ccc(F)cc2n1-c1ccc(F)cn1. The predicted octanol–water partition coefficient (Wildman–Crippen LogP) is 4.28. The summed E-state index contributed by atoms with van der Waals surface area (Å²) in [5, 5.41) is 2.71. The first-order valence-corrected chi connectivity index (χ1v) is 8.43. The zero-order valence-corrected chi connectivity index (χ0v) is 15.5. The van der Waals surface area contributed by atoms with E-state index in [0.29, 0.717) is 22.7 Å². The monoisotopic (exact) mass is 374 g/mol. The quantitative estimate of drug-likeness (QED) is 0.743. The van der Waals surface area contributed by atoms with Crippen molar-refractivity contribution in [1.29, 1.82) is 0 Å². The van der Waals surface area contributed by atoms with Gasteiger partial charge >= 0.3 is 6.09 Å². The van der Waals surface area contributed by atoms with Crippen molar-refractivity contribution in [3.63, 3.8) is 0 Å². The molecule has 0 fully saturated rings. The Labute approximate surface area is 155 Å². The molecule has 1 amide bonds. The molecule has 0 radical (unpaired) electrons. The Morgan fingerprint density at radius 2 is 1.89 bits per heavy atom. The number of carbonyl (C=O) groups is 1. The van der Waals surface area contributed by atoms with E-state index in [0.717, 1.165) is 6.20 Å². The molecule has 3 aromatic rings. The molecule has 0 saturated carbocycles. The van der Waals surface area contributed by atoms with Crippen molar-refractivity contribution in [3.8, 4) is 5.82 Å². The van der Waals surface area contributed by atoms with Crippen molar-refractivity contribution in [2.24, 2.45) is 0 Å². The first kappa shape index (κ1) is 18.8. The average Bonchev–Trinajstić information content (AvgIpc) is 2.92. The summed E-state index contributed by atoms with van der Waals surface area (Å²) in [6.45, 7) is 7.01. The van der Waals surface area contributed by atoms with Crippen molar-refractivity contribution in [1.82, 2.24) is 19.9 Å². The normalized spacial score (nSPS) is 12.8. The van der Waals surface area contributed by atoms with Crippen molar-refractivity contribution in [2.75, 3.05) is 0 Å². The Morgan fingerprint density at radius 1 is 1.19 bits per heavy atom. The van der Waals surface area contributed by atoms with Crippen LogP contribution in [0.25, 0.3) is 16.9 Å².